The number of primary amides is 1. The molecule has 0 radical (unpaired) electrons. The highest BCUT2D eigenvalue weighted by molar-refractivity contribution is 6.01. The molecule has 22 heavy (non-hydrogen) atoms. The molecular formula is C19H20N2O. The van der Waals surface area contributed by atoms with Crippen molar-refractivity contribution in [2.24, 2.45) is 5.73 Å². The van der Waals surface area contributed by atoms with E-state index >= 15 is 0 Å². The highest BCUT2D eigenvalue weighted by Gasteiger charge is 2.20. The smallest absolute Gasteiger partial charge is 0.265 e. The molecule has 0 aliphatic heterocycles. The maximum Gasteiger partial charge on any atom is 0.265 e. The molecular weight excluding hydrogens is 272 g/mol. The quantitative estimate of drug-likeness (QED) is 0.765. The van der Waals surface area contributed by atoms with Crippen LogP contribution in [0.4, 0.5) is 0 Å². The van der Waals surface area contributed by atoms with Crippen molar-refractivity contribution in [1.29, 1.82) is 0 Å². The van der Waals surface area contributed by atoms with Gasteiger partial charge in [-0.1, -0.05) is 55.5 Å². The average molecular weight is 292 g/mol. The van der Waals surface area contributed by atoms with Gasteiger partial charge in [-0.3, -0.25) is 4.79 Å². The number of amides is 1. The zero-order chi connectivity index (χ0) is 15.5. The van der Waals surface area contributed by atoms with Crippen LogP contribution in [-0.2, 0) is 13.0 Å². The lowest BCUT2D eigenvalue weighted by Crippen LogP contribution is -2.19. The molecule has 0 spiro atoms. The Morgan fingerprint density at radius 2 is 1.73 bits per heavy atom. The molecule has 0 unspecified atom stereocenters. The van der Waals surface area contributed by atoms with Crippen molar-refractivity contribution < 1.29 is 4.79 Å². The Balaban J connectivity index is 2.23. The molecule has 3 heteroatoms. The number of benzene rings is 2. The van der Waals surface area contributed by atoms with Gasteiger partial charge in [0.2, 0.25) is 0 Å². The number of fused-ring (bicyclic) bond motifs is 1. The van der Waals surface area contributed by atoms with E-state index in [1.165, 1.54) is 5.56 Å². The maximum atomic E-state index is 12.1. The highest BCUT2D eigenvalue weighted by Crippen LogP contribution is 2.28. The van der Waals surface area contributed by atoms with E-state index in [1.54, 1.807) is 0 Å². The molecule has 0 aliphatic rings. The molecule has 0 atom stereocenters. The molecule has 1 aromatic heterocycles. The van der Waals surface area contributed by atoms with E-state index in [0.717, 1.165) is 35.9 Å². The van der Waals surface area contributed by atoms with Crippen LogP contribution in [0, 0.1) is 0 Å². The molecule has 0 saturated carbocycles. The van der Waals surface area contributed by atoms with Crippen molar-refractivity contribution in [2.45, 2.75) is 26.3 Å². The topological polar surface area (TPSA) is 48.0 Å². The molecule has 0 aliphatic carbocycles. The number of aryl methyl sites for hydroxylation is 1. The minimum Gasteiger partial charge on any atom is -0.364 e. The third kappa shape index (κ3) is 2.50. The van der Waals surface area contributed by atoms with Gasteiger partial charge in [0.25, 0.3) is 5.91 Å². The minimum atomic E-state index is -0.351. The van der Waals surface area contributed by atoms with Crippen LogP contribution in [-0.4, -0.2) is 10.5 Å². The number of hydrogen-bond acceptors (Lipinski definition) is 1. The Morgan fingerprint density at radius 3 is 2.41 bits per heavy atom. The fourth-order valence-electron chi connectivity index (χ4n) is 3.09. The first-order valence-electron chi connectivity index (χ1n) is 7.66. The summed E-state index contributed by atoms with van der Waals surface area (Å²) in [6.45, 7) is 2.91. The minimum absolute atomic E-state index is 0.351. The van der Waals surface area contributed by atoms with Crippen LogP contribution in [0.25, 0.3) is 10.9 Å². The van der Waals surface area contributed by atoms with Gasteiger partial charge in [-0.2, -0.15) is 0 Å². The van der Waals surface area contributed by atoms with E-state index in [0.29, 0.717) is 5.69 Å². The lowest BCUT2D eigenvalue weighted by atomic mass is 10.0. The van der Waals surface area contributed by atoms with Crippen LogP contribution in [0.5, 0.6) is 0 Å². The van der Waals surface area contributed by atoms with Crippen LogP contribution in [0.15, 0.2) is 54.6 Å². The Hall–Kier alpha value is -2.55. The molecule has 1 amide bonds. The van der Waals surface area contributed by atoms with Crippen molar-refractivity contribution in [3.8, 4) is 0 Å². The highest BCUT2D eigenvalue weighted by atomic mass is 16.1. The molecule has 2 aromatic carbocycles. The van der Waals surface area contributed by atoms with Crippen molar-refractivity contribution in [1.82, 2.24) is 4.57 Å². The summed E-state index contributed by atoms with van der Waals surface area (Å²) in [7, 11) is 0. The van der Waals surface area contributed by atoms with E-state index in [2.05, 4.69) is 35.8 Å². The number of carbonyl (C=O) groups excluding carboxylic acids is 1. The summed E-state index contributed by atoms with van der Waals surface area (Å²) in [4.78, 5) is 12.1. The van der Waals surface area contributed by atoms with Crippen LogP contribution in [0.3, 0.4) is 0 Å². The van der Waals surface area contributed by atoms with Gasteiger partial charge in [0.05, 0.1) is 0 Å². The van der Waals surface area contributed by atoms with Gasteiger partial charge in [0.15, 0.2) is 0 Å². The zero-order valence-corrected chi connectivity index (χ0v) is 12.8. The van der Waals surface area contributed by atoms with E-state index in [4.69, 9.17) is 5.73 Å². The Labute approximate surface area is 130 Å². The fourth-order valence-corrected chi connectivity index (χ4v) is 3.09. The second kappa shape index (κ2) is 6.06. The van der Waals surface area contributed by atoms with Gasteiger partial charge in [-0.05, 0) is 23.6 Å². The van der Waals surface area contributed by atoms with Gasteiger partial charge < -0.3 is 10.3 Å². The summed E-state index contributed by atoms with van der Waals surface area (Å²) in [6.07, 6.45) is 1.68. The second-order valence-corrected chi connectivity index (χ2v) is 5.52. The molecule has 0 bridgehead atoms. The standard InChI is InChI=1S/C19H20N2O/c1-2-12-21-17-11-7-6-10-15(17)16(18(21)19(20)22)13-14-8-4-3-5-9-14/h3-11H,2,12-13H2,1H3,(H2,20,22). The second-order valence-electron chi connectivity index (χ2n) is 5.52. The summed E-state index contributed by atoms with van der Waals surface area (Å²) in [5.74, 6) is -0.351. The van der Waals surface area contributed by atoms with Gasteiger partial charge in [0.1, 0.15) is 5.69 Å². The molecule has 3 rings (SSSR count). The predicted molar refractivity (Wildman–Crippen MR) is 90.0 cm³/mol. The lowest BCUT2D eigenvalue weighted by Gasteiger charge is -2.08. The maximum absolute atomic E-state index is 12.1. The number of aromatic nitrogens is 1. The first kappa shape index (κ1) is 14.4. The summed E-state index contributed by atoms with van der Waals surface area (Å²) < 4.78 is 2.07. The Morgan fingerprint density at radius 1 is 1.05 bits per heavy atom. The van der Waals surface area contributed by atoms with Crippen molar-refractivity contribution in [2.75, 3.05) is 0 Å². The van der Waals surface area contributed by atoms with Crippen molar-refractivity contribution in [3.63, 3.8) is 0 Å². The normalized spacial score (nSPS) is 11.0. The fraction of sp³-hybridized carbons (Fsp3) is 0.211. The molecule has 112 valence electrons. The average Bonchev–Trinajstić information content (AvgIpc) is 2.83. The van der Waals surface area contributed by atoms with Crippen molar-refractivity contribution >= 4 is 16.8 Å². The van der Waals surface area contributed by atoms with Gasteiger partial charge in [-0.25, -0.2) is 0 Å². The molecule has 3 aromatic rings. The predicted octanol–water partition coefficient (Wildman–Crippen LogP) is 3.74. The van der Waals surface area contributed by atoms with E-state index < -0.39 is 0 Å². The van der Waals surface area contributed by atoms with Crippen molar-refractivity contribution in [3.05, 3.63) is 71.4 Å². The first-order chi connectivity index (χ1) is 10.7. The third-order valence-electron chi connectivity index (χ3n) is 3.98. The molecule has 3 nitrogen and oxygen atoms in total. The van der Waals surface area contributed by atoms with Gasteiger partial charge in [-0.15, -0.1) is 0 Å². The first-order valence-corrected chi connectivity index (χ1v) is 7.66. The summed E-state index contributed by atoms with van der Waals surface area (Å²) in [6, 6.07) is 18.4. The van der Waals surface area contributed by atoms with Gasteiger partial charge in [0, 0.05) is 23.9 Å². The van der Waals surface area contributed by atoms with Crippen LogP contribution < -0.4 is 5.73 Å². The largest absolute Gasteiger partial charge is 0.364 e. The van der Waals surface area contributed by atoms with E-state index in [9.17, 15) is 4.79 Å². The zero-order valence-electron chi connectivity index (χ0n) is 12.8. The van der Waals surface area contributed by atoms with Gasteiger partial charge >= 0.3 is 0 Å². The number of para-hydroxylation sites is 1. The van der Waals surface area contributed by atoms with Crippen LogP contribution in [0.2, 0.25) is 0 Å². The third-order valence-corrected chi connectivity index (χ3v) is 3.98. The Bertz CT molecular complexity index is 803. The SMILES string of the molecule is CCCn1c(C(N)=O)c(Cc2ccccc2)c2ccccc21. The molecule has 0 saturated heterocycles. The summed E-state index contributed by atoms with van der Waals surface area (Å²) >= 11 is 0. The number of nitrogens with two attached hydrogens (primary N) is 1. The monoisotopic (exact) mass is 292 g/mol. The summed E-state index contributed by atoms with van der Waals surface area (Å²) in [5, 5.41) is 1.12. The number of nitrogens with zero attached hydrogens (tertiary/aromatic N) is 1. The molecule has 2 N–H and O–H groups in total. The van der Waals surface area contributed by atoms with E-state index in [-0.39, 0.29) is 5.91 Å². The molecule has 0 fully saturated rings. The van der Waals surface area contributed by atoms with Crippen LogP contribution >= 0.6 is 0 Å². The summed E-state index contributed by atoms with van der Waals surface area (Å²) in [5.41, 5.74) is 9.65. The number of carbonyl (C=O) groups is 1. The number of hydrogen-bond donors (Lipinski definition) is 1. The lowest BCUT2D eigenvalue weighted by molar-refractivity contribution is 0.0991. The number of rotatable bonds is 5. The van der Waals surface area contributed by atoms with E-state index in [1.807, 2.05) is 30.3 Å². The molecule has 1 heterocycles. The Kier molecular flexibility index (Phi) is 3.96. The van der Waals surface area contributed by atoms with Crippen LogP contribution in [0.1, 0.15) is 35.0 Å².